The van der Waals surface area contributed by atoms with Gasteiger partial charge in [-0.25, -0.2) is 0 Å². The second-order valence-corrected chi connectivity index (χ2v) is 6.80. The minimum absolute atomic E-state index is 0.203. The van der Waals surface area contributed by atoms with Crippen LogP contribution < -0.4 is 11.1 Å². The van der Waals surface area contributed by atoms with Gasteiger partial charge in [-0.05, 0) is 35.6 Å². The number of carbonyl (C=O) groups is 2. The molecule has 21 heavy (non-hydrogen) atoms. The highest BCUT2D eigenvalue weighted by molar-refractivity contribution is 9.10. The molecule has 0 unspecified atom stereocenters. The standard InChI is InChI=1S/C15H13BrN2O2S/c1-7(19)18-15-12(14(17)20)10-6-5-8-9(13(10)21-15)3-2-4-11(8)16/h2-4H,5-6H2,1H3,(H2,17,20)(H,18,19). The lowest BCUT2D eigenvalue weighted by atomic mass is 9.89. The zero-order valence-electron chi connectivity index (χ0n) is 11.3. The molecule has 6 heteroatoms. The molecule has 0 radical (unpaired) electrons. The van der Waals surface area contributed by atoms with Gasteiger partial charge in [0, 0.05) is 16.3 Å². The highest BCUT2D eigenvalue weighted by Crippen LogP contribution is 2.46. The first-order valence-electron chi connectivity index (χ1n) is 6.50. The molecule has 0 atom stereocenters. The van der Waals surface area contributed by atoms with Gasteiger partial charge < -0.3 is 11.1 Å². The monoisotopic (exact) mass is 364 g/mol. The van der Waals surface area contributed by atoms with Crippen LogP contribution in [0.15, 0.2) is 22.7 Å². The summed E-state index contributed by atoms with van der Waals surface area (Å²) in [6.45, 7) is 1.42. The number of rotatable bonds is 2. The lowest BCUT2D eigenvalue weighted by molar-refractivity contribution is -0.114. The van der Waals surface area contributed by atoms with Crippen LogP contribution >= 0.6 is 27.3 Å². The van der Waals surface area contributed by atoms with Crippen LogP contribution in [0, 0.1) is 0 Å². The smallest absolute Gasteiger partial charge is 0.252 e. The second kappa shape index (κ2) is 5.27. The first kappa shape index (κ1) is 14.3. The van der Waals surface area contributed by atoms with Crippen molar-refractivity contribution >= 4 is 44.1 Å². The lowest BCUT2D eigenvalue weighted by Crippen LogP contribution is -2.17. The highest BCUT2D eigenvalue weighted by Gasteiger charge is 2.28. The van der Waals surface area contributed by atoms with Crippen LogP contribution in [0.4, 0.5) is 5.00 Å². The number of anilines is 1. The Bertz CT molecular complexity index is 767. The summed E-state index contributed by atoms with van der Waals surface area (Å²) in [5, 5.41) is 3.27. The molecule has 1 aromatic heterocycles. The molecule has 0 fully saturated rings. The Morgan fingerprint density at radius 3 is 2.67 bits per heavy atom. The zero-order chi connectivity index (χ0) is 15.1. The van der Waals surface area contributed by atoms with Gasteiger partial charge in [0.05, 0.1) is 5.56 Å². The average Bonchev–Trinajstić information content (AvgIpc) is 2.76. The summed E-state index contributed by atoms with van der Waals surface area (Å²) < 4.78 is 1.07. The van der Waals surface area contributed by atoms with Crippen LogP contribution in [0.1, 0.15) is 28.4 Å². The molecule has 3 N–H and O–H groups in total. The van der Waals surface area contributed by atoms with E-state index >= 15 is 0 Å². The van der Waals surface area contributed by atoms with E-state index in [2.05, 4.69) is 21.2 Å². The third-order valence-electron chi connectivity index (χ3n) is 3.53. The third-order valence-corrected chi connectivity index (χ3v) is 5.46. The molecular weight excluding hydrogens is 352 g/mol. The van der Waals surface area contributed by atoms with Crippen LogP contribution in [0.5, 0.6) is 0 Å². The average molecular weight is 365 g/mol. The number of amides is 2. The number of benzene rings is 1. The molecule has 0 aliphatic heterocycles. The summed E-state index contributed by atoms with van der Waals surface area (Å²) in [5.74, 6) is -0.694. The fraction of sp³-hybridized carbons (Fsp3) is 0.200. The van der Waals surface area contributed by atoms with Crippen LogP contribution in [-0.4, -0.2) is 11.8 Å². The van der Waals surface area contributed by atoms with Crippen LogP contribution in [0.25, 0.3) is 10.4 Å². The number of nitrogens with two attached hydrogens (primary N) is 1. The van der Waals surface area contributed by atoms with Gasteiger partial charge in [-0.2, -0.15) is 0 Å². The maximum atomic E-state index is 11.8. The third kappa shape index (κ3) is 2.38. The van der Waals surface area contributed by atoms with E-state index in [1.165, 1.54) is 23.8 Å². The molecule has 0 spiro atoms. The summed E-state index contributed by atoms with van der Waals surface area (Å²) in [6, 6.07) is 6.03. The SMILES string of the molecule is CC(=O)Nc1sc2c(c1C(N)=O)CCc1c(Br)cccc1-2. The van der Waals surface area contributed by atoms with Crippen molar-refractivity contribution in [3.8, 4) is 10.4 Å². The van der Waals surface area contributed by atoms with Crippen molar-refractivity contribution in [1.82, 2.24) is 0 Å². The molecule has 2 amide bonds. The van der Waals surface area contributed by atoms with Crippen molar-refractivity contribution in [2.24, 2.45) is 5.73 Å². The minimum atomic E-state index is -0.491. The van der Waals surface area contributed by atoms with Gasteiger partial charge in [0.15, 0.2) is 0 Å². The zero-order valence-corrected chi connectivity index (χ0v) is 13.7. The van der Waals surface area contributed by atoms with Gasteiger partial charge in [0.1, 0.15) is 5.00 Å². The fourth-order valence-electron chi connectivity index (χ4n) is 2.71. The minimum Gasteiger partial charge on any atom is -0.365 e. The summed E-state index contributed by atoms with van der Waals surface area (Å²) in [4.78, 5) is 24.1. The normalized spacial score (nSPS) is 12.5. The van der Waals surface area contributed by atoms with E-state index < -0.39 is 5.91 Å². The van der Waals surface area contributed by atoms with Gasteiger partial charge >= 0.3 is 0 Å². The predicted octanol–water partition coefficient (Wildman–Crippen LogP) is 3.33. The number of primary amides is 1. The van der Waals surface area contributed by atoms with E-state index in [4.69, 9.17) is 5.73 Å². The van der Waals surface area contributed by atoms with E-state index in [9.17, 15) is 9.59 Å². The van der Waals surface area contributed by atoms with Crippen LogP contribution in [0.2, 0.25) is 0 Å². The highest BCUT2D eigenvalue weighted by atomic mass is 79.9. The number of nitrogens with one attached hydrogen (secondary N) is 1. The van der Waals surface area contributed by atoms with Crippen molar-refractivity contribution in [3.63, 3.8) is 0 Å². The van der Waals surface area contributed by atoms with Gasteiger partial charge in [0.2, 0.25) is 5.91 Å². The number of fused-ring (bicyclic) bond motifs is 3. The summed E-state index contributed by atoms with van der Waals surface area (Å²) in [5.41, 5.74) is 9.26. The first-order chi connectivity index (χ1) is 9.99. The van der Waals surface area contributed by atoms with Crippen molar-refractivity contribution in [2.75, 3.05) is 5.32 Å². The van der Waals surface area contributed by atoms with E-state index in [-0.39, 0.29) is 5.91 Å². The molecule has 3 rings (SSSR count). The number of thiophene rings is 1. The predicted molar refractivity (Wildman–Crippen MR) is 87.7 cm³/mol. The Morgan fingerprint density at radius 2 is 2.00 bits per heavy atom. The summed E-state index contributed by atoms with van der Waals surface area (Å²) >= 11 is 4.99. The molecule has 4 nitrogen and oxygen atoms in total. The quantitative estimate of drug-likeness (QED) is 0.857. The Labute approximate surface area is 134 Å². The van der Waals surface area contributed by atoms with Gasteiger partial charge in [0.25, 0.3) is 5.91 Å². The van der Waals surface area contributed by atoms with Gasteiger partial charge in [-0.15, -0.1) is 11.3 Å². The molecule has 1 heterocycles. The Kier molecular flexibility index (Phi) is 3.59. The van der Waals surface area contributed by atoms with Gasteiger partial charge in [-0.3, -0.25) is 9.59 Å². The van der Waals surface area contributed by atoms with E-state index in [0.717, 1.165) is 33.3 Å². The molecule has 0 saturated heterocycles. The number of hydrogen-bond donors (Lipinski definition) is 2. The van der Waals surface area contributed by atoms with Crippen LogP contribution in [0.3, 0.4) is 0 Å². The first-order valence-corrected chi connectivity index (χ1v) is 8.10. The van der Waals surface area contributed by atoms with E-state index in [1.807, 2.05) is 18.2 Å². The number of hydrogen-bond acceptors (Lipinski definition) is 3. The maximum Gasteiger partial charge on any atom is 0.252 e. The number of carbonyl (C=O) groups excluding carboxylic acids is 2. The van der Waals surface area contributed by atoms with Crippen molar-refractivity contribution in [2.45, 2.75) is 19.8 Å². The summed E-state index contributed by atoms with van der Waals surface area (Å²) in [7, 11) is 0. The second-order valence-electron chi connectivity index (χ2n) is 4.93. The van der Waals surface area contributed by atoms with E-state index in [0.29, 0.717) is 10.6 Å². The maximum absolute atomic E-state index is 11.8. The topological polar surface area (TPSA) is 72.2 Å². The molecule has 1 aromatic carbocycles. The molecular formula is C15H13BrN2O2S. The molecule has 1 aliphatic carbocycles. The fourth-order valence-corrected chi connectivity index (χ4v) is 4.62. The molecule has 1 aliphatic rings. The molecule has 0 bridgehead atoms. The number of halogens is 1. The van der Waals surface area contributed by atoms with Crippen molar-refractivity contribution in [1.29, 1.82) is 0 Å². The van der Waals surface area contributed by atoms with E-state index in [1.54, 1.807) is 0 Å². The molecule has 2 aromatic rings. The Balaban J connectivity index is 2.23. The Hall–Kier alpha value is -1.66. The van der Waals surface area contributed by atoms with Gasteiger partial charge in [-0.1, -0.05) is 28.1 Å². The lowest BCUT2D eigenvalue weighted by Gasteiger charge is -2.18. The molecule has 108 valence electrons. The largest absolute Gasteiger partial charge is 0.365 e. The summed E-state index contributed by atoms with van der Waals surface area (Å²) in [6.07, 6.45) is 1.60. The molecule has 0 saturated carbocycles. The van der Waals surface area contributed by atoms with Crippen molar-refractivity contribution < 1.29 is 9.59 Å². The van der Waals surface area contributed by atoms with Crippen molar-refractivity contribution in [3.05, 3.63) is 39.4 Å². The van der Waals surface area contributed by atoms with Crippen LogP contribution in [-0.2, 0) is 17.6 Å². The Morgan fingerprint density at radius 1 is 1.29 bits per heavy atom.